The smallest absolute Gasteiger partial charge is 0.225 e. The summed E-state index contributed by atoms with van der Waals surface area (Å²) >= 11 is 0. The molecule has 0 atom stereocenters. The maximum Gasteiger partial charge on any atom is 0.225 e. The second-order valence-electron chi connectivity index (χ2n) is 6.24. The van der Waals surface area contributed by atoms with Crippen LogP contribution in [0.2, 0.25) is 0 Å². The number of aromatic nitrogens is 3. The zero-order chi connectivity index (χ0) is 16.9. The summed E-state index contributed by atoms with van der Waals surface area (Å²) in [5, 5.41) is 6.78. The summed E-state index contributed by atoms with van der Waals surface area (Å²) < 4.78 is 5.37. The van der Waals surface area contributed by atoms with Crippen molar-refractivity contribution in [3.05, 3.63) is 54.6 Å². The van der Waals surface area contributed by atoms with Crippen LogP contribution in [0.3, 0.4) is 0 Å². The maximum atomic E-state index is 5.37. The molecule has 1 saturated carbocycles. The van der Waals surface area contributed by atoms with Gasteiger partial charge >= 0.3 is 0 Å². The molecule has 6 heteroatoms. The SMILES string of the molecule is c1ccc(-c2cc(NCc3ccco3)nc(NC3CCCC3)n2)nc1. The molecule has 0 amide bonds. The maximum absolute atomic E-state index is 5.37. The summed E-state index contributed by atoms with van der Waals surface area (Å²) in [5.74, 6) is 2.27. The average Bonchev–Trinajstić information content (AvgIpc) is 3.34. The van der Waals surface area contributed by atoms with Crippen LogP contribution in [0.5, 0.6) is 0 Å². The molecular formula is C19H21N5O. The molecule has 3 heterocycles. The molecule has 0 bridgehead atoms. The van der Waals surface area contributed by atoms with Gasteiger partial charge < -0.3 is 15.1 Å². The minimum absolute atomic E-state index is 0.455. The number of nitrogens with one attached hydrogen (secondary N) is 2. The lowest BCUT2D eigenvalue weighted by Gasteiger charge is -2.14. The van der Waals surface area contributed by atoms with Gasteiger partial charge in [0.15, 0.2) is 0 Å². The predicted octanol–water partition coefficient (Wildman–Crippen LogP) is 4.10. The van der Waals surface area contributed by atoms with E-state index in [9.17, 15) is 0 Å². The summed E-state index contributed by atoms with van der Waals surface area (Å²) in [4.78, 5) is 13.7. The number of furan rings is 1. The fourth-order valence-electron chi connectivity index (χ4n) is 3.09. The molecule has 1 aliphatic rings. The lowest BCUT2D eigenvalue weighted by Crippen LogP contribution is -2.17. The van der Waals surface area contributed by atoms with Gasteiger partial charge in [-0.1, -0.05) is 18.9 Å². The van der Waals surface area contributed by atoms with Crippen molar-refractivity contribution < 1.29 is 4.42 Å². The van der Waals surface area contributed by atoms with Gasteiger partial charge in [-0.05, 0) is 37.1 Å². The third-order valence-corrected chi connectivity index (χ3v) is 4.37. The first-order valence-electron chi connectivity index (χ1n) is 8.70. The molecule has 2 N–H and O–H groups in total. The lowest BCUT2D eigenvalue weighted by molar-refractivity contribution is 0.518. The summed E-state index contributed by atoms with van der Waals surface area (Å²) in [6.45, 7) is 0.578. The number of hydrogen-bond acceptors (Lipinski definition) is 6. The van der Waals surface area contributed by atoms with E-state index in [1.807, 2.05) is 36.4 Å². The summed E-state index contributed by atoms with van der Waals surface area (Å²) in [5.41, 5.74) is 1.64. The number of pyridine rings is 1. The largest absolute Gasteiger partial charge is 0.467 e. The van der Waals surface area contributed by atoms with Gasteiger partial charge in [-0.25, -0.2) is 4.98 Å². The molecule has 25 heavy (non-hydrogen) atoms. The Bertz CT molecular complexity index is 798. The van der Waals surface area contributed by atoms with Crippen LogP contribution in [-0.4, -0.2) is 21.0 Å². The zero-order valence-corrected chi connectivity index (χ0v) is 14.0. The van der Waals surface area contributed by atoms with Crippen LogP contribution >= 0.6 is 0 Å². The minimum Gasteiger partial charge on any atom is -0.467 e. The molecule has 3 aromatic rings. The third kappa shape index (κ3) is 3.96. The Morgan fingerprint density at radius 2 is 1.96 bits per heavy atom. The second kappa shape index (κ2) is 7.34. The average molecular weight is 335 g/mol. The molecule has 0 aliphatic heterocycles. The van der Waals surface area contributed by atoms with E-state index in [2.05, 4.69) is 25.6 Å². The van der Waals surface area contributed by atoms with Crippen molar-refractivity contribution in [1.29, 1.82) is 0 Å². The van der Waals surface area contributed by atoms with Crippen molar-refractivity contribution in [3.63, 3.8) is 0 Å². The van der Waals surface area contributed by atoms with E-state index in [1.165, 1.54) is 25.7 Å². The van der Waals surface area contributed by atoms with E-state index in [1.54, 1.807) is 12.5 Å². The van der Waals surface area contributed by atoms with Crippen molar-refractivity contribution in [3.8, 4) is 11.4 Å². The van der Waals surface area contributed by atoms with Crippen LogP contribution in [0.15, 0.2) is 53.3 Å². The normalized spacial score (nSPS) is 14.6. The van der Waals surface area contributed by atoms with Gasteiger partial charge in [-0.2, -0.15) is 4.98 Å². The van der Waals surface area contributed by atoms with Crippen LogP contribution < -0.4 is 10.6 Å². The fourth-order valence-corrected chi connectivity index (χ4v) is 3.09. The van der Waals surface area contributed by atoms with Crippen molar-refractivity contribution in [1.82, 2.24) is 15.0 Å². The number of rotatable bonds is 6. The first-order valence-corrected chi connectivity index (χ1v) is 8.70. The monoisotopic (exact) mass is 335 g/mol. The molecule has 6 nitrogen and oxygen atoms in total. The molecule has 0 aromatic carbocycles. The van der Waals surface area contributed by atoms with Crippen LogP contribution in [-0.2, 0) is 6.54 Å². The number of nitrogens with zero attached hydrogens (tertiary/aromatic N) is 3. The molecule has 128 valence electrons. The Hall–Kier alpha value is -2.89. The Balaban J connectivity index is 1.59. The first-order chi connectivity index (χ1) is 12.4. The summed E-state index contributed by atoms with van der Waals surface area (Å²) in [6.07, 6.45) is 8.32. The van der Waals surface area contributed by atoms with Crippen molar-refractivity contribution in [2.24, 2.45) is 0 Å². The Kier molecular flexibility index (Phi) is 4.59. The van der Waals surface area contributed by atoms with Gasteiger partial charge in [0, 0.05) is 18.3 Å². The highest BCUT2D eigenvalue weighted by Crippen LogP contribution is 2.24. The molecule has 0 unspecified atom stereocenters. The summed E-state index contributed by atoms with van der Waals surface area (Å²) in [6, 6.07) is 12.0. The van der Waals surface area contributed by atoms with Gasteiger partial charge in [0.05, 0.1) is 24.2 Å². The molecule has 0 spiro atoms. The highest BCUT2D eigenvalue weighted by atomic mass is 16.3. The molecular weight excluding hydrogens is 314 g/mol. The van der Waals surface area contributed by atoms with Gasteiger partial charge in [-0.15, -0.1) is 0 Å². The molecule has 0 radical (unpaired) electrons. The highest BCUT2D eigenvalue weighted by Gasteiger charge is 2.17. The van der Waals surface area contributed by atoms with E-state index in [-0.39, 0.29) is 0 Å². The van der Waals surface area contributed by atoms with Gasteiger partial charge in [0.1, 0.15) is 11.6 Å². The van der Waals surface area contributed by atoms with Crippen molar-refractivity contribution in [2.45, 2.75) is 38.3 Å². The molecule has 0 saturated heterocycles. The standard InChI is InChI=1S/C19H21N5O/c1-2-7-14(6-1)22-19-23-17(16-9-3-4-10-20-16)12-18(24-19)21-13-15-8-5-11-25-15/h3-5,8-12,14H,1-2,6-7,13H2,(H2,21,22,23,24). The highest BCUT2D eigenvalue weighted by molar-refractivity contribution is 5.61. The predicted molar refractivity (Wildman–Crippen MR) is 97.2 cm³/mol. The Labute approximate surface area is 146 Å². The molecule has 3 aromatic heterocycles. The Morgan fingerprint density at radius 1 is 1.04 bits per heavy atom. The van der Waals surface area contributed by atoms with Crippen LogP contribution in [0, 0.1) is 0 Å². The molecule has 1 aliphatic carbocycles. The number of anilines is 2. The van der Waals surface area contributed by atoms with Crippen LogP contribution in [0.25, 0.3) is 11.4 Å². The van der Waals surface area contributed by atoms with E-state index < -0.39 is 0 Å². The van der Waals surface area contributed by atoms with Crippen LogP contribution in [0.1, 0.15) is 31.4 Å². The first kappa shape index (κ1) is 15.6. The fraction of sp³-hybridized carbons (Fsp3) is 0.316. The van der Waals surface area contributed by atoms with Crippen LogP contribution in [0.4, 0.5) is 11.8 Å². The van der Waals surface area contributed by atoms with Gasteiger partial charge in [0.25, 0.3) is 0 Å². The zero-order valence-electron chi connectivity index (χ0n) is 14.0. The van der Waals surface area contributed by atoms with E-state index >= 15 is 0 Å². The molecule has 4 rings (SSSR count). The van der Waals surface area contributed by atoms with E-state index in [0.29, 0.717) is 18.5 Å². The summed E-state index contributed by atoms with van der Waals surface area (Å²) in [7, 11) is 0. The molecule has 1 fully saturated rings. The van der Waals surface area contributed by atoms with E-state index in [4.69, 9.17) is 4.42 Å². The van der Waals surface area contributed by atoms with Crippen molar-refractivity contribution in [2.75, 3.05) is 10.6 Å². The number of hydrogen-bond donors (Lipinski definition) is 2. The van der Waals surface area contributed by atoms with E-state index in [0.717, 1.165) is 23.0 Å². The quantitative estimate of drug-likeness (QED) is 0.706. The minimum atomic E-state index is 0.455. The topological polar surface area (TPSA) is 75.9 Å². The second-order valence-corrected chi connectivity index (χ2v) is 6.24. The van der Waals surface area contributed by atoms with Gasteiger partial charge in [-0.3, -0.25) is 4.98 Å². The third-order valence-electron chi connectivity index (χ3n) is 4.37. The lowest BCUT2D eigenvalue weighted by atomic mass is 10.2. The van der Waals surface area contributed by atoms with Crippen molar-refractivity contribution >= 4 is 11.8 Å². The van der Waals surface area contributed by atoms with Gasteiger partial charge in [0.2, 0.25) is 5.95 Å². The Morgan fingerprint density at radius 3 is 2.72 bits per heavy atom.